The van der Waals surface area contributed by atoms with Crippen LogP contribution in [0.25, 0.3) is 0 Å². The number of carbonyl (C=O) groups excluding carboxylic acids is 1. The molecule has 1 amide bonds. The van der Waals surface area contributed by atoms with E-state index in [2.05, 4.69) is 10.3 Å². The zero-order valence-electron chi connectivity index (χ0n) is 12.8. The maximum Gasteiger partial charge on any atom is 0.501 e. The van der Waals surface area contributed by atoms with Crippen molar-refractivity contribution < 1.29 is 31.1 Å². The van der Waals surface area contributed by atoms with Gasteiger partial charge in [-0.15, -0.1) is 0 Å². The van der Waals surface area contributed by atoms with Crippen LogP contribution in [-0.4, -0.2) is 31.9 Å². The lowest BCUT2D eigenvalue weighted by Crippen LogP contribution is -2.23. The van der Waals surface area contributed by atoms with Gasteiger partial charge in [0.1, 0.15) is 16.6 Å². The molecule has 12 heteroatoms. The number of benzene rings is 1. The molecule has 1 aromatic carbocycles. The fraction of sp³-hybridized carbons (Fsp3) is 0.143. The highest BCUT2D eigenvalue weighted by molar-refractivity contribution is 7.92. The highest BCUT2D eigenvalue weighted by Gasteiger charge is 2.47. The van der Waals surface area contributed by atoms with Gasteiger partial charge < -0.3 is 10.1 Å². The largest absolute Gasteiger partial charge is 0.501 e. The Balaban J connectivity index is 2.47. The molecule has 1 N–H and O–H groups in total. The number of carbonyl (C=O) groups is 1. The molecule has 0 spiro atoms. The lowest BCUT2D eigenvalue weighted by Gasteiger charge is -2.13. The van der Waals surface area contributed by atoms with Crippen molar-refractivity contribution in [2.24, 2.45) is 0 Å². The topological polar surface area (TPSA) is 85.4 Å². The van der Waals surface area contributed by atoms with Gasteiger partial charge in [-0.25, -0.2) is 13.4 Å². The van der Waals surface area contributed by atoms with Crippen molar-refractivity contribution in [2.45, 2.75) is 10.4 Å². The summed E-state index contributed by atoms with van der Waals surface area (Å²) in [5.74, 6) is -0.991. The first-order chi connectivity index (χ1) is 12.0. The fourth-order valence-corrected chi connectivity index (χ4v) is 2.97. The molecule has 0 aliphatic carbocycles. The molecule has 1 aromatic heterocycles. The zero-order valence-corrected chi connectivity index (χ0v) is 15.1. The summed E-state index contributed by atoms with van der Waals surface area (Å²) in [6.07, 6.45) is 0. The Hall–Kier alpha value is -2.04. The van der Waals surface area contributed by atoms with Crippen LogP contribution < -0.4 is 10.1 Å². The number of alkyl halides is 3. The zero-order chi connectivity index (χ0) is 19.7. The van der Waals surface area contributed by atoms with Gasteiger partial charge in [-0.2, -0.15) is 13.2 Å². The summed E-state index contributed by atoms with van der Waals surface area (Å²) in [6.45, 7) is 0. The molecule has 0 atom stereocenters. The molecular formula is C14H9Cl2F3N2O4S. The molecule has 0 fully saturated rings. The number of halogens is 5. The van der Waals surface area contributed by atoms with Gasteiger partial charge in [0.15, 0.2) is 0 Å². The van der Waals surface area contributed by atoms with E-state index in [0.29, 0.717) is 12.1 Å². The van der Waals surface area contributed by atoms with Gasteiger partial charge in [-0.05, 0) is 30.3 Å². The van der Waals surface area contributed by atoms with E-state index in [1.165, 1.54) is 19.2 Å². The lowest BCUT2D eigenvalue weighted by atomic mass is 10.2. The summed E-state index contributed by atoms with van der Waals surface area (Å²) in [5.41, 5.74) is -6.12. The second-order valence-corrected chi connectivity index (χ2v) is 7.47. The average molecular weight is 429 g/mol. The normalized spacial score (nSPS) is 11.9. The van der Waals surface area contributed by atoms with Crippen LogP contribution in [0.4, 0.5) is 18.9 Å². The lowest BCUT2D eigenvalue weighted by molar-refractivity contribution is -0.0436. The molecule has 2 rings (SSSR count). The van der Waals surface area contributed by atoms with Gasteiger partial charge in [0.2, 0.25) is 0 Å². The number of ether oxygens (including phenoxy) is 1. The van der Waals surface area contributed by atoms with Gasteiger partial charge in [-0.3, -0.25) is 4.79 Å². The molecule has 6 nitrogen and oxygen atoms in total. The van der Waals surface area contributed by atoms with Crippen LogP contribution in [0, 0.1) is 0 Å². The Morgan fingerprint density at radius 3 is 2.42 bits per heavy atom. The standard InChI is InChI=1S/C14H9Cl2F3N2O4S/c1-25-10-4-2-7(26(23,24)14(17,18)19)6-9(10)20-13(22)12-8(15)3-5-11(16)21-12/h2-6H,1H3,(H,20,22). The summed E-state index contributed by atoms with van der Waals surface area (Å²) in [6, 6.07) is 4.94. The van der Waals surface area contributed by atoms with Gasteiger partial charge in [-0.1, -0.05) is 23.2 Å². The molecule has 0 aliphatic rings. The number of aromatic nitrogens is 1. The van der Waals surface area contributed by atoms with Crippen LogP contribution in [-0.2, 0) is 9.84 Å². The maximum absolute atomic E-state index is 12.7. The fourth-order valence-electron chi connectivity index (χ4n) is 1.84. The Kier molecular flexibility index (Phi) is 5.69. The predicted octanol–water partition coefficient (Wildman–Crippen LogP) is 3.94. The Bertz CT molecular complexity index is 965. The monoisotopic (exact) mass is 428 g/mol. The van der Waals surface area contributed by atoms with E-state index < -0.39 is 26.1 Å². The molecule has 0 aliphatic heterocycles. The molecule has 140 valence electrons. The second-order valence-electron chi connectivity index (χ2n) is 4.73. The van der Waals surface area contributed by atoms with Gasteiger partial charge >= 0.3 is 5.51 Å². The molecule has 0 bridgehead atoms. The number of nitrogens with one attached hydrogen (secondary N) is 1. The number of amides is 1. The highest BCUT2D eigenvalue weighted by atomic mass is 35.5. The van der Waals surface area contributed by atoms with Gasteiger partial charge in [0.05, 0.1) is 22.7 Å². The smallest absolute Gasteiger partial charge is 0.495 e. The summed E-state index contributed by atoms with van der Waals surface area (Å²) in [5, 5.41) is 2.10. The van der Waals surface area contributed by atoms with E-state index in [9.17, 15) is 26.4 Å². The van der Waals surface area contributed by atoms with E-state index >= 15 is 0 Å². The van der Waals surface area contributed by atoms with Crippen LogP contribution >= 0.6 is 23.2 Å². The molecular weight excluding hydrogens is 420 g/mol. The number of nitrogens with zero attached hydrogens (tertiary/aromatic N) is 1. The molecule has 0 radical (unpaired) electrons. The first-order valence-electron chi connectivity index (χ1n) is 6.60. The molecule has 26 heavy (non-hydrogen) atoms. The van der Waals surface area contributed by atoms with Gasteiger partial charge in [0, 0.05) is 0 Å². The van der Waals surface area contributed by atoms with Crippen LogP contribution in [0.3, 0.4) is 0 Å². The van der Waals surface area contributed by atoms with Crippen molar-refractivity contribution in [1.29, 1.82) is 0 Å². The average Bonchev–Trinajstić information content (AvgIpc) is 2.55. The first kappa shape index (κ1) is 20.3. The van der Waals surface area contributed by atoms with E-state index in [1.807, 2.05) is 0 Å². The number of hydrogen-bond acceptors (Lipinski definition) is 5. The summed E-state index contributed by atoms with van der Waals surface area (Å²) >= 11 is 11.5. The molecule has 2 aromatic rings. The number of methoxy groups -OCH3 is 1. The third kappa shape index (κ3) is 4.02. The van der Waals surface area contributed by atoms with Crippen molar-refractivity contribution in [3.8, 4) is 5.75 Å². The SMILES string of the molecule is COc1ccc(S(=O)(=O)C(F)(F)F)cc1NC(=O)c1nc(Cl)ccc1Cl. The molecule has 1 heterocycles. The second kappa shape index (κ2) is 7.29. The number of rotatable bonds is 4. The van der Waals surface area contributed by atoms with E-state index in [4.69, 9.17) is 27.9 Å². The number of pyridine rings is 1. The quantitative estimate of drug-likeness (QED) is 0.745. The summed E-state index contributed by atoms with van der Waals surface area (Å²) < 4.78 is 66.1. The molecule has 0 unspecified atom stereocenters. The van der Waals surface area contributed by atoms with E-state index in [1.54, 1.807) is 0 Å². The molecule has 0 saturated heterocycles. The number of hydrogen-bond donors (Lipinski definition) is 1. The summed E-state index contributed by atoms with van der Waals surface area (Å²) in [4.78, 5) is 14.9. The van der Waals surface area contributed by atoms with Crippen molar-refractivity contribution in [2.75, 3.05) is 12.4 Å². The van der Waals surface area contributed by atoms with Crippen molar-refractivity contribution >= 4 is 44.6 Å². The predicted molar refractivity (Wildman–Crippen MR) is 88.4 cm³/mol. The third-order valence-electron chi connectivity index (χ3n) is 3.06. The number of sulfone groups is 1. The van der Waals surface area contributed by atoms with Crippen molar-refractivity contribution in [3.05, 3.63) is 46.2 Å². The summed E-state index contributed by atoms with van der Waals surface area (Å²) in [7, 11) is -4.42. The minimum atomic E-state index is -5.61. The van der Waals surface area contributed by atoms with Gasteiger partial charge in [0.25, 0.3) is 15.7 Å². The van der Waals surface area contributed by atoms with E-state index in [0.717, 1.165) is 6.07 Å². The van der Waals surface area contributed by atoms with Crippen molar-refractivity contribution in [3.63, 3.8) is 0 Å². The highest BCUT2D eigenvalue weighted by Crippen LogP contribution is 2.35. The van der Waals surface area contributed by atoms with Crippen LogP contribution in [0.15, 0.2) is 35.2 Å². The van der Waals surface area contributed by atoms with Crippen LogP contribution in [0.2, 0.25) is 10.2 Å². The minimum absolute atomic E-state index is 0.0417. The van der Waals surface area contributed by atoms with Crippen LogP contribution in [0.1, 0.15) is 10.5 Å². The Labute approximate surface area is 155 Å². The number of anilines is 1. The molecule has 0 saturated carbocycles. The van der Waals surface area contributed by atoms with Crippen LogP contribution in [0.5, 0.6) is 5.75 Å². The Morgan fingerprint density at radius 1 is 1.19 bits per heavy atom. The Morgan fingerprint density at radius 2 is 1.85 bits per heavy atom. The first-order valence-corrected chi connectivity index (χ1v) is 8.84. The third-order valence-corrected chi connectivity index (χ3v) is 5.06. The minimum Gasteiger partial charge on any atom is -0.495 e. The van der Waals surface area contributed by atoms with E-state index in [-0.39, 0.29) is 27.3 Å². The maximum atomic E-state index is 12.7. The van der Waals surface area contributed by atoms with Crippen molar-refractivity contribution in [1.82, 2.24) is 4.98 Å².